The molecule has 0 N–H and O–H groups in total. The van der Waals surface area contributed by atoms with Crippen LogP contribution in [0.2, 0.25) is 5.02 Å². The second-order valence-corrected chi connectivity index (χ2v) is 7.21. The Morgan fingerprint density at radius 3 is 2.30 bits per heavy atom. The monoisotopic (exact) mass is 418 g/mol. The van der Waals surface area contributed by atoms with E-state index in [4.69, 9.17) is 11.6 Å². The second-order valence-electron chi connectivity index (χ2n) is 6.80. The summed E-state index contributed by atoms with van der Waals surface area (Å²) >= 11 is 5.90. The standard InChI is InChI=1S/C23H15ClN2O4/c1-14-6-2-5-9-20(14)25-22(27)17-8-4-3-7-16(17)18(23(25)28)12-15-10-11-19(24)21(13-15)26(29)30/h2-13H,1H3/b18-12-. The van der Waals surface area contributed by atoms with Gasteiger partial charge < -0.3 is 0 Å². The Morgan fingerprint density at radius 2 is 1.60 bits per heavy atom. The number of anilines is 1. The van der Waals surface area contributed by atoms with Gasteiger partial charge in [-0.1, -0.05) is 54.1 Å². The molecule has 0 unspecified atom stereocenters. The molecule has 6 nitrogen and oxygen atoms in total. The highest BCUT2D eigenvalue weighted by Gasteiger charge is 2.36. The van der Waals surface area contributed by atoms with Gasteiger partial charge in [-0.05, 0) is 47.9 Å². The van der Waals surface area contributed by atoms with Crippen LogP contribution in [0.5, 0.6) is 0 Å². The van der Waals surface area contributed by atoms with Crippen molar-refractivity contribution in [1.29, 1.82) is 0 Å². The fraction of sp³-hybridized carbons (Fsp3) is 0.0435. The zero-order valence-corrected chi connectivity index (χ0v) is 16.6. The molecule has 3 aromatic carbocycles. The molecule has 0 spiro atoms. The minimum Gasteiger partial charge on any atom is -0.268 e. The molecule has 4 rings (SSSR count). The van der Waals surface area contributed by atoms with Crippen molar-refractivity contribution in [3.8, 4) is 0 Å². The maximum atomic E-state index is 13.4. The summed E-state index contributed by atoms with van der Waals surface area (Å²) in [5.74, 6) is -0.908. The number of nitrogens with zero attached hydrogens (tertiary/aromatic N) is 2. The lowest BCUT2D eigenvalue weighted by Gasteiger charge is -2.29. The zero-order valence-electron chi connectivity index (χ0n) is 15.8. The number of hydrogen-bond donors (Lipinski definition) is 0. The topological polar surface area (TPSA) is 80.5 Å². The molecule has 2 amide bonds. The zero-order chi connectivity index (χ0) is 21.4. The van der Waals surface area contributed by atoms with Gasteiger partial charge in [0.15, 0.2) is 0 Å². The molecular formula is C23H15ClN2O4. The number of fused-ring (bicyclic) bond motifs is 1. The van der Waals surface area contributed by atoms with Gasteiger partial charge in [-0.3, -0.25) is 19.7 Å². The van der Waals surface area contributed by atoms with E-state index in [-0.39, 0.29) is 16.3 Å². The number of nitro groups is 1. The van der Waals surface area contributed by atoms with Crippen LogP contribution in [0.15, 0.2) is 66.7 Å². The van der Waals surface area contributed by atoms with Crippen molar-refractivity contribution in [2.75, 3.05) is 4.90 Å². The highest BCUT2D eigenvalue weighted by atomic mass is 35.5. The quantitative estimate of drug-likeness (QED) is 0.250. The number of aryl methyl sites for hydroxylation is 1. The van der Waals surface area contributed by atoms with Gasteiger partial charge >= 0.3 is 0 Å². The second kappa shape index (κ2) is 7.57. The molecule has 0 aromatic heterocycles. The van der Waals surface area contributed by atoms with Gasteiger partial charge in [0.25, 0.3) is 17.5 Å². The van der Waals surface area contributed by atoms with Crippen LogP contribution in [-0.2, 0) is 4.79 Å². The molecule has 30 heavy (non-hydrogen) atoms. The molecule has 148 valence electrons. The number of hydrogen-bond acceptors (Lipinski definition) is 4. The normalized spacial score (nSPS) is 14.7. The van der Waals surface area contributed by atoms with Gasteiger partial charge in [-0.15, -0.1) is 0 Å². The Morgan fingerprint density at radius 1 is 0.933 bits per heavy atom. The molecule has 0 atom stereocenters. The van der Waals surface area contributed by atoms with Crippen molar-refractivity contribution in [2.24, 2.45) is 0 Å². The first kappa shape index (κ1) is 19.5. The fourth-order valence-corrected chi connectivity index (χ4v) is 3.64. The molecule has 0 saturated carbocycles. The number of carbonyl (C=O) groups excluding carboxylic acids is 2. The smallest absolute Gasteiger partial charge is 0.268 e. The highest BCUT2D eigenvalue weighted by molar-refractivity contribution is 6.43. The van der Waals surface area contributed by atoms with E-state index >= 15 is 0 Å². The summed E-state index contributed by atoms with van der Waals surface area (Å²) in [5, 5.41) is 11.2. The lowest BCUT2D eigenvalue weighted by molar-refractivity contribution is -0.384. The van der Waals surface area contributed by atoms with Gasteiger partial charge in [-0.25, -0.2) is 4.90 Å². The maximum absolute atomic E-state index is 13.4. The number of halogens is 1. The SMILES string of the molecule is Cc1ccccc1N1C(=O)/C(=C\c2ccc(Cl)c([N+](=O)[O-])c2)c2ccccc2C1=O. The van der Waals surface area contributed by atoms with Gasteiger partial charge in [0.05, 0.1) is 10.6 Å². The van der Waals surface area contributed by atoms with Crippen LogP contribution in [0.1, 0.15) is 27.0 Å². The molecule has 1 heterocycles. The number of amides is 2. The molecule has 3 aromatic rings. The minimum absolute atomic E-state index is 0.00855. The number of rotatable bonds is 3. The number of para-hydroxylation sites is 1. The van der Waals surface area contributed by atoms with E-state index in [0.717, 1.165) is 10.5 Å². The van der Waals surface area contributed by atoms with E-state index in [1.165, 1.54) is 12.1 Å². The average Bonchev–Trinajstić information content (AvgIpc) is 2.73. The maximum Gasteiger partial charge on any atom is 0.288 e. The summed E-state index contributed by atoms with van der Waals surface area (Å²) in [4.78, 5) is 38.3. The van der Waals surface area contributed by atoms with Gasteiger partial charge in [0.2, 0.25) is 0 Å². The van der Waals surface area contributed by atoms with Crippen molar-refractivity contribution in [3.05, 3.63) is 104 Å². The Bertz CT molecular complexity index is 1250. The number of imide groups is 1. The van der Waals surface area contributed by atoms with Crippen LogP contribution in [0, 0.1) is 17.0 Å². The van der Waals surface area contributed by atoms with Crippen molar-refractivity contribution < 1.29 is 14.5 Å². The summed E-state index contributed by atoms with van der Waals surface area (Å²) < 4.78 is 0. The van der Waals surface area contributed by atoms with Crippen molar-refractivity contribution in [1.82, 2.24) is 0 Å². The first-order valence-corrected chi connectivity index (χ1v) is 9.45. The molecular weight excluding hydrogens is 404 g/mol. The van der Waals surface area contributed by atoms with Crippen LogP contribution >= 0.6 is 11.6 Å². The van der Waals surface area contributed by atoms with Crippen molar-refractivity contribution in [2.45, 2.75) is 6.92 Å². The van der Waals surface area contributed by atoms with Crippen molar-refractivity contribution >= 4 is 46.4 Å². The van der Waals surface area contributed by atoms with E-state index in [0.29, 0.717) is 22.4 Å². The average molecular weight is 419 g/mol. The molecule has 1 aliphatic rings. The summed E-state index contributed by atoms with van der Waals surface area (Å²) in [5.41, 5.74) is 2.59. The molecule has 0 aliphatic carbocycles. The Kier molecular flexibility index (Phi) is 4.93. The van der Waals surface area contributed by atoms with E-state index in [1.54, 1.807) is 48.5 Å². The molecule has 0 fully saturated rings. The van der Waals surface area contributed by atoms with Crippen LogP contribution in [0.4, 0.5) is 11.4 Å². The third kappa shape index (κ3) is 3.27. The molecule has 1 aliphatic heterocycles. The third-order valence-corrected chi connectivity index (χ3v) is 5.24. The summed E-state index contributed by atoms with van der Waals surface area (Å²) in [6.07, 6.45) is 1.54. The summed E-state index contributed by atoms with van der Waals surface area (Å²) in [6, 6.07) is 18.2. The van der Waals surface area contributed by atoms with Crippen LogP contribution in [0.3, 0.4) is 0 Å². The predicted molar refractivity (Wildman–Crippen MR) is 115 cm³/mol. The van der Waals surface area contributed by atoms with Crippen molar-refractivity contribution in [3.63, 3.8) is 0 Å². The van der Waals surface area contributed by atoms with Gasteiger partial charge in [0.1, 0.15) is 5.02 Å². The predicted octanol–water partition coefficient (Wildman–Crippen LogP) is 5.28. The lowest BCUT2D eigenvalue weighted by atomic mass is 9.91. The van der Waals surface area contributed by atoms with Gasteiger partial charge in [-0.2, -0.15) is 0 Å². The Hall–Kier alpha value is -3.77. The first-order valence-electron chi connectivity index (χ1n) is 9.08. The van der Waals surface area contributed by atoms with E-state index in [1.807, 2.05) is 19.1 Å². The number of benzene rings is 3. The number of carbonyl (C=O) groups is 2. The molecule has 7 heteroatoms. The van der Waals surface area contributed by atoms with E-state index in [9.17, 15) is 19.7 Å². The third-order valence-electron chi connectivity index (χ3n) is 4.92. The summed E-state index contributed by atoms with van der Waals surface area (Å²) in [6.45, 7) is 1.82. The van der Waals surface area contributed by atoms with E-state index < -0.39 is 16.7 Å². The minimum atomic E-state index is -0.579. The van der Waals surface area contributed by atoms with Crippen LogP contribution < -0.4 is 4.90 Å². The van der Waals surface area contributed by atoms with Crippen LogP contribution in [-0.4, -0.2) is 16.7 Å². The molecule has 0 saturated heterocycles. The largest absolute Gasteiger partial charge is 0.288 e. The summed E-state index contributed by atoms with van der Waals surface area (Å²) in [7, 11) is 0. The van der Waals surface area contributed by atoms with Gasteiger partial charge in [0, 0.05) is 17.2 Å². The molecule has 0 bridgehead atoms. The lowest BCUT2D eigenvalue weighted by Crippen LogP contribution is -2.42. The van der Waals surface area contributed by atoms with Crippen LogP contribution in [0.25, 0.3) is 11.6 Å². The van der Waals surface area contributed by atoms with E-state index in [2.05, 4.69) is 0 Å². The highest BCUT2D eigenvalue weighted by Crippen LogP contribution is 2.35. The molecule has 0 radical (unpaired) electrons. The fourth-order valence-electron chi connectivity index (χ4n) is 3.45. The Labute approximate surface area is 177 Å². The number of nitro benzene ring substituents is 1. The Balaban J connectivity index is 1.92. The first-order chi connectivity index (χ1) is 14.4.